The maximum Gasteiger partial charge on any atom is 0.121 e. The number of nitrogen functional groups attached to an aromatic ring is 3. The average Bonchev–Trinajstić information content (AvgIpc) is 0.742. The van der Waals surface area contributed by atoms with E-state index in [1.54, 1.807) is 84.9 Å². The molecule has 0 aliphatic heterocycles. The smallest absolute Gasteiger partial charge is 0.121 e. The maximum atomic E-state index is 10.1. The van der Waals surface area contributed by atoms with E-state index < -0.39 is 80.5 Å². The highest BCUT2D eigenvalue weighted by molar-refractivity contribution is 5.60. The van der Waals surface area contributed by atoms with Gasteiger partial charge >= 0.3 is 0 Å². The number of nitrogens with two attached hydrogens (primary N) is 3. The van der Waals surface area contributed by atoms with Crippen LogP contribution in [0.1, 0.15) is 300 Å². The van der Waals surface area contributed by atoms with E-state index in [0.717, 1.165) is 16.7 Å². The fourth-order valence-corrected chi connectivity index (χ4v) is 8.07. The van der Waals surface area contributed by atoms with Gasteiger partial charge in [-0.1, -0.05) is 238 Å². The lowest BCUT2D eigenvalue weighted by molar-refractivity contribution is 0.444. The monoisotopic (exact) mass is 1100 g/mol. The molecule has 0 unspecified atom stereocenters. The second-order valence-electron chi connectivity index (χ2n) is 27.7. The average molecular weight is 1100 g/mol. The predicted molar refractivity (Wildman–Crippen MR) is 344 cm³/mol. The molecular weight excluding hydrogens is 959 g/mol. The first-order valence-electron chi connectivity index (χ1n) is 37.8. The molecule has 0 aromatic heterocycles. The van der Waals surface area contributed by atoms with Gasteiger partial charge in [-0.3, -0.25) is 0 Å². The van der Waals surface area contributed by atoms with Gasteiger partial charge in [0.05, 0.1) is 2.74 Å². The van der Waals surface area contributed by atoms with Gasteiger partial charge in [-0.2, -0.15) is 0 Å². The fraction of sp³-hybridized carbons (Fsp3) is 0.577. The molecule has 0 fully saturated rings. The van der Waals surface area contributed by atoms with Gasteiger partial charge in [0.2, 0.25) is 0 Å². The van der Waals surface area contributed by atoms with Gasteiger partial charge in [0.1, 0.15) is 23.0 Å². The molecule has 0 amide bonds. The summed E-state index contributed by atoms with van der Waals surface area (Å²) in [7, 11) is 0. The first-order valence-corrected chi connectivity index (χ1v) is 26.3. The molecule has 0 saturated carbocycles. The van der Waals surface area contributed by atoms with Crippen LogP contribution in [0.25, 0.3) is 0 Å². The van der Waals surface area contributed by atoms with Crippen LogP contribution in [0, 0.1) is 6.92 Å². The summed E-state index contributed by atoms with van der Waals surface area (Å²) in [5.74, 6) is -0.445. The summed E-state index contributed by atoms with van der Waals surface area (Å²) in [4.78, 5) is 0. The summed E-state index contributed by atoms with van der Waals surface area (Å²) in [5, 5.41) is 40.2. The zero-order chi connectivity index (χ0) is 81.1. The highest BCUT2D eigenvalue weighted by Gasteiger charge is 2.28. The van der Waals surface area contributed by atoms with Crippen molar-refractivity contribution in [2.45, 2.75) is 268 Å². The minimum atomic E-state index is -2.70. The van der Waals surface area contributed by atoms with E-state index in [0.29, 0.717) is 44.8 Å². The fourth-order valence-electron chi connectivity index (χ4n) is 8.07. The molecule has 0 aliphatic rings. The zero-order valence-electron chi connectivity index (χ0n) is 74.8. The Morgan fingerprint density at radius 1 is 0.295 bits per heavy atom. The highest BCUT2D eigenvalue weighted by atomic mass is 16.3. The van der Waals surface area contributed by atoms with Crippen LogP contribution in [0.2, 0.25) is 0 Å². The van der Waals surface area contributed by atoms with Gasteiger partial charge in [0.15, 0.2) is 0 Å². The Morgan fingerprint density at radius 2 is 0.538 bits per heavy atom. The Labute approximate surface area is 510 Å². The zero-order valence-corrected chi connectivity index (χ0v) is 51.8. The number of hydrogen-bond donors (Lipinski definition) is 7. The molecule has 0 saturated heterocycles. The lowest BCUT2D eigenvalue weighted by Gasteiger charge is -2.27. The second-order valence-corrected chi connectivity index (χ2v) is 27.7. The molecule has 0 heterocycles. The number of aromatic hydroxyl groups is 4. The first kappa shape index (κ1) is 40.8. The van der Waals surface area contributed by atoms with Crippen LogP contribution in [0.15, 0.2) is 72.7 Å². The summed E-state index contributed by atoms with van der Waals surface area (Å²) >= 11 is 0. The molecule has 0 bridgehead atoms. The third kappa shape index (κ3) is 20.7. The molecule has 5 rings (SSSR count). The van der Waals surface area contributed by atoms with Crippen molar-refractivity contribution in [3.63, 3.8) is 0 Å². The molecule has 0 radical (unpaired) electrons. The first-order chi connectivity index (χ1) is 43.9. The molecule has 0 aliphatic carbocycles. The predicted octanol–water partition coefficient (Wildman–Crippen LogP) is 19.3. The van der Waals surface area contributed by atoms with Crippen LogP contribution >= 0.6 is 0 Å². The Balaban J connectivity index is 0.000000632. The Hall–Kier alpha value is -5.30. The van der Waals surface area contributed by atoms with Gasteiger partial charge in [-0.25, -0.2) is 0 Å². The number of anilines is 3. The van der Waals surface area contributed by atoms with E-state index >= 15 is 0 Å². The Morgan fingerprint density at radius 3 is 0.821 bits per heavy atom. The topological polar surface area (TPSA) is 159 Å². The van der Waals surface area contributed by atoms with Gasteiger partial charge < -0.3 is 37.6 Å². The normalized spacial score (nSPS) is 18.4. The summed E-state index contributed by atoms with van der Waals surface area (Å²) in [6, 6.07) is 15.7. The summed E-state index contributed by atoms with van der Waals surface area (Å²) < 4.78 is 177. The number of phenolic OH excluding ortho intramolecular Hbond substituents is 4. The molecule has 5 aromatic rings. The third-order valence-electron chi connectivity index (χ3n) is 12.8. The van der Waals surface area contributed by atoms with Crippen molar-refractivity contribution >= 4 is 17.1 Å². The molecule has 438 valence electrons. The van der Waals surface area contributed by atoms with Gasteiger partial charge in [0.25, 0.3) is 0 Å². The number of rotatable bonds is 0. The Bertz CT molecular complexity index is 3550. The Kier molecular flexibility index (Phi) is 12.9. The molecule has 78 heavy (non-hydrogen) atoms. The van der Waals surface area contributed by atoms with Gasteiger partial charge in [-0.15, -0.1) is 0 Å². The van der Waals surface area contributed by atoms with E-state index in [9.17, 15) is 20.4 Å². The van der Waals surface area contributed by atoms with Crippen molar-refractivity contribution in [2.75, 3.05) is 17.2 Å². The van der Waals surface area contributed by atoms with Gasteiger partial charge in [0, 0.05) is 64.0 Å². The minimum Gasteiger partial charge on any atom is -0.508 e. The van der Waals surface area contributed by atoms with Crippen molar-refractivity contribution in [2.24, 2.45) is 0 Å². The van der Waals surface area contributed by atoms with Crippen LogP contribution in [-0.4, -0.2) is 20.4 Å². The molecule has 10 N–H and O–H groups in total. The molecule has 7 heteroatoms. The van der Waals surface area contributed by atoms with Crippen LogP contribution < -0.4 is 17.2 Å². The van der Waals surface area contributed by atoms with Crippen LogP contribution in [0.4, 0.5) is 17.1 Å². The number of hydrogen-bond acceptors (Lipinski definition) is 7. The highest BCUT2D eigenvalue weighted by Crippen LogP contribution is 2.42. The van der Waals surface area contributed by atoms with E-state index in [-0.39, 0.29) is 73.6 Å². The molecule has 7 nitrogen and oxygen atoms in total. The standard InChI is InChI=1S/C15H24.3C14H23NO.C14H22O/c1-11-8-9-12(14(2,3)4)10-13(11)15(5,6)7;3*1-13(2,3)9-7-10(14(4,5)6)12(16)8-11(9)15;1-13(2,3)10-7-8-12(15)11(9-10)14(4,5)6/h8-10H,1-7H3;3*7-8,16H,15H2,1-6H3;7-9,15H,1-6H3/i5D3,6D3,8D;1D3,4D3;4D3;1D3;4D3,8D. The summed E-state index contributed by atoms with van der Waals surface area (Å²) in [5.41, 5.74) is 15.1. The lowest BCUT2D eigenvalue weighted by Crippen LogP contribution is -2.18. The van der Waals surface area contributed by atoms with Crippen molar-refractivity contribution in [3.8, 4) is 23.0 Å². The number of phenols is 4. The van der Waals surface area contributed by atoms with E-state index in [4.69, 9.17) is 48.7 Å². The van der Waals surface area contributed by atoms with Crippen LogP contribution in [-0.2, 0) is 54.1 Å². The van der Waals surface area contributed by atoms with Crippen molar-refractivity contribution in [1.82, 2.24) is 0 Å². The van der Waals surface area contributed by atoms with Crippen molar-refractivity contribution < 1.29 is 52.0 Å². The van der Waals surface area contributed by atoms with E-state index in [2.05, 4.69) is 0 Å². The lowest BCUT2D eigenvalue weighted by atomic mass is 9.79. The third-order valence-corrected chi connectivity index (χ3v) is 12.8. The van der Waals surface area contributed by atoms with Crippen molar-refractivity contribution in [3.05, 3.63) is 134 Å². The quantitative estimate of drug-likeness (QED) is 0.0761. The van der Waals surface area contributed by atoms with Gasteiger partial charge in [-0.05, 0) is 147 Å². The summed E-state index contributed by atoms with van der Waals surface area (Å²) in [6.45, 7) is 25.6. The summed E-state index contributed by atoms with van der Waals surface area (Å²) in [6.07, 6.45) is 0. The molecule has 0 atom stereocenters. The maximum absolute atomic E-state index is 10.1. The SMILES string of the molecule is [2H]C([2H])([2H])C(C)(C)c1cc(C(C)(C)C([2H])([2H])[2H])c(O)cc1N.[2H]C([2H])([2H])C(C)(C)c1cc(C(C)(C)C)c(N)cc1O.[2H]C([2H])([2H])C(C)(C)c1cc(C(C)(C)C)c(O)cc1N.[2H]c1cc(C(C)(C)C)cc(C(C)(C([2H])([2H])[2H])C([2H])([2H])[2H])c1C.[2H]c1cc(C(C)(C)C)cc(C(C)(C)C([2H])([2H])[2H])c1O. The van der Waals surface area contributed by atoms with Crippen LogP contribution in [0.3, 0.4) is 0 Å². The molecular formula is C71H115N3O4. The molecule has 0 spiro atoms. The van der Waals surface area contributed by atoms with Crippen molar-refractivity contribution in [1.29, 1.82) is 0 Å². The van der Waals surface area contributed by atoms with Crippen LogP contribution in [0.5, 0.6) is 23.0 Å². The second kappa shape index (κ2) is 24.6. The van der Waals surface area contributed by atoms with E-state index in [1.165, 1.54) is 58.9 Å². The molecule has 5 aromatic carbocycles. The number of benzene rings is 5. The largest absolute Gasteiger partial charge is 0.508 e. The minimum absolute atomic E-state index is 0.0280. The van der Waals surface area contributed by atoms with E-state index in [1.807, 2.05) is 83.1 Å².